The number of hydrogen-bond donors (Lipinski definition) is 1. The van der Waals surface area contributed by atoms with Gasteiger partial charge in [0.2, 0.25) is 0 Å². The van der Waals surface area contributed by atoms with E-state index in [9.17, 15) is 8.78 Å². The van der Waals surface area contributed by atoms with Crippen LogP contribution >= 0.6 is 15.9 Å². The number of pyridine rings is 1. The van der Waals surface area contributed by atoms with E-state index in [0.29, 0.717) is 4.47 Å². The normalized spacial score (nSPS) is 18.8. The lowest BCUT2D eigenvalue weighted by molar-refractivity contribution is -0.0503. The summed E-state index contributed by atoms with van der Waals surface area (Å²) in [6.07, 6.45) is 3.66. The van der Waals surface area contributed by atoms with Crippen molar-refractivity contribution in [1.82, 2.24) is 15.2 Å². The molecule has 1 fully saturated rings. The van der Waals surface area contributed by atoms with E-state index in [-0.39, 0.29) is 11.8 Å². The van der Waals surface area contributed by atoms with E-state index in [4.69, 9.17) is 0 Å². The van der Waals surface area contributed by atoms with Gasteiger partial charge in [-0.15, -0.1) is 0 Å². The van der Waals surface area contributed by atoms with E-state index in [0.717, 1.165) is 31.7 Å². The molecule has 128 valence electrons. The number of piperazine rings is 1. The molecule has 0 saturated carbocycles. The van der Waals surface area contributed by atoms with E-state index in [1.54, 1.807) is 12.3 Å². The van der Waals surface area contributed by atoms with Gasteiger partial charge < -0.3 is 10.1 Å². The van der Waals surface area contributed by atoms with Crippen molar-refractivity contribution in [3.63, 3.8) is 0 Å². The summed E-state index contributed by atoms with van der Waals surface area (Å²) < 4.78 is 29.7. The quantitative estimate of drug-likeness (QED) is 0.836. The van der Waals surface area contributed by atoms with Crippen LogP contribution in [0.2, 0.25) is 0 Å². The van der Waals surface area contributed by atoms with Crippen LogP contribution in [0.4, 0.5) is 8.78 Å². The number of nitrogens with one attached hydrogen (secondary N) is 1. The van der Waals surface area contributed by atoms with E-state index in [1.807, 2.05) is 24.4 Å². The maximum Gasteiger partial charge on any atom is 0.387 e. The van der Waals surface area contributed by atoms with Gasteiger partial charge in [-0.05, 0) is 45.3 Å². The molecule has 1 aliphatic rings. The molecule has 1 aromatic carbocycles. The molecule has 0 aliphatic carbocycles. The van der Waals surface area contributed by atoms with Crippen molar-refractivity contribution in [3.05, 3.63) is 58.3 Å². The van der Waals surface area contributed by atoms with Crippen molar-refractivity contribution in [1.29, 1.82) is 0 Å². The van der Waals surface area contributed by atoms with E-state index >= 15 is 0 Å². The summed E-state index contributed by atoms with van der Waals surface area (Å²) in [4.78, 5) is 6.57. The van der Waals surface area contributed by atoms with Crippen molar-refractivity contribution in [2.45, 2.75) is 19.2 Å². The summed E-state index contributed by atoms with van der Waals surface area (Å²) in [6, 6.07) is 9.49. The molecule has 1 aromatic heterocycles. The number of nitrogens with zero attached hydrogens (tertiary/aromatic N) is 2. The summed E-state index contributed by atoms with van der Waals surface area (Å²) in [7, 11) is 0. The summed E-state index contributed by atoms with van der Waals surface area (Å²) in [5.74, 6) is 0.151. The first kappa shape index (κ1) is 17.3. The molecule has 2 heterocycles. The lowest BCUT2D eigenvalue weighted by atomic mass is 10.0. The van der Waals surface area contributed by atoms with Crippen LogP contribution in [0, 0.1) is 0 Å². The zero-order valence-corrected chi connectivity index (χ0v) is 14.5. The molecule has 7 heteroatoms. The standard InChI is InChI=1S/C17H18BrF2N3O/c18-14-8-12(3-4-16(14)24-17(19)20)11-23-7-6-22-10-15(23)13-2-1-5-21-9-13/h1-5,8-9,15,17,22H,6-7,10-11H2. The molecule has 4 nitrogen and oxygen atoms in total. The number of ether oxygens (including phenoxy) is 1. The van der Waals surface area contributed by atoms with Crippen LogP contribution in [-0.2, 0) is 6.54 Å². The minimum atomic E-state index is -2.82. The second-order valence-corrected chi connectivity index (χ2v) is 6.47. The van der Waals surface area contributed by atoms with Gasteiger partial charge in [0.1, 0.15) is 5.75 Å². The minimum absolute atomic E-state index is 0.151. The van der Waals surface area contributed by atoms with E-state index in [1.165, 1.54) is 5.56 Å². The number of halogens is 3. The summed E-state index contributed by atoms with van der Waals surface area (Å²) in [5.41, 5.74) is 2.21. The first-order valence-corrected chi connectivity index (χ1v) is 8.50. The predicted molar refractivity (Wildman–Crippen MR) is 91.0 cm³/mol. The first-order chi connectivity index (χ1) is 11.6. The third kappa shape index (κ3) is 4.28. The maximum atomic E-state index is 12.3. The third-order valence-electron chi connectivity index (χ3n) is 4.02. The maximum absolute atomic E-state index is 12.3. The Morgan fingerprint density at radius 3 is 2.96 bits per heavy atom. The molecular formula is C17H18BrF2N3O. The van der Waals surface area contributed by atoms with Crippen LogP contribution in [0.25, 0.3) is 0 Å². The fourth-order valence-electron chi connectivity index (χ4n) is 2.91. The highest BCUT2D eigenvalue weighted by Crippen LogP contribution is 2.29. The molecule has 2 aromatic rings. The molecule has 1 unspecified atom stereocenters. The van der Waals surface area contributed by atoms with Gasteiger partial charge in [0, 0.05) is 44.6 Å². The lowest BCUT2D eigenvalue weighted by Gasteiger charge is -2.36. The van der Waals surface area contributed by atoms with Gasteiger partial charge in [0.25, 0.3) is 0 Å². The molecule has 0 radical (unpaired) electrons. The van der Waals surface area contributed by atoms with Crippen LogP contribution in [0.15, 0.2) is 47.2 Å². The fraction of sp³-hybridized carbons (Fsp3) is 0.353. The largest absolute Gasteiger partial charge is 0.434 e. The Kier molecular flexibility index (Phi) is 5.76. The minimum Gasteiger partial charge on any atom is -0.434 e. The highest BCUT2D eigenvalue weighted by atomic mass is 79.9. The van der Waals surface area contributed by atoms with E-state index < -0.39 is 6.61 Å². The van der Waals surface area contributed by atoms with Gasteiger partial charge in [0.05, 0.1) is 4.47 Å². The SMILES string of the molecule is FC(F)Oc1ccc(CN2CCNCC2c2cccnc2)cc1Br. The van der Waals surface area contributed by atoms with Crippen LogP contribution in [-0.4, -0.2) is 36.1 Å². The number of alkyl halides is 2. The fourth-order valence-corrected chi connectivity index (χ4v) is 3.43. The Hall–Kier alpha value is -1.57. The number of benzene rings is 1. The van der Waals surface area contributed by atoms with Gasteiger partial charge in [-0.25, -0.2) is 0 Å². The van der Waals surface area contributed by atoms with Crippen LogP contribution in [0.3, 0.4) is 0 Å². The monoisotopic (exact) mass is 397 g/mol. The van der Waals surface area contributed by atoms with Gasteiger partial charge in [-0.1, -0.05) is 12.1 Å². The molecule has 0 spiro atoms. The Labute approximate surface area is 148 Å². The van der Waals surface area contributed by atoms with Crippen molar-refractivity contribution in [2.75, 3.05) is 19.6 Å². The van der Waals surface area contributed by atoms with Gasteiger partial charge in [-0.2, -0.15) is 8.78 Å². The predicted octanol–water partition coefficient (Wildman–Crippen LogP) is 3.59. The second-order valence-electron chi connectivity index (χ2n) is 5.62. The Morgan fingerprint density at radius 1 is 1.38 bits per heavy atom. The number of rotatable bonds is 5. The van der Waals surface area contributed by atoms with Crippen molar-refractivity contribution < 1.29 is 13.5 Å². The molecule has 1 aliphatic heterocycles. The Balaban J connectivity index is 1.75. The zero-order chi connectivity index (χ0) is 16.9. The third-order valence-corrected chi connectivity index (χ3v) is 4.64. The molecular weight excluding hydrogens is 380 g/mol. The first-order valence-electron chi connectivity index (χ1n) is 7.71. The van der Waals surface area contributed by atoms with Crippen LogP contribution < -0.4 is 10.1 Å². The van der Waals surface area contributed by atoms with Crippen molar-refractivity contribution >= 4 is 15.9 Å². The topological polar surface area (TPSA) is 37.4 Å². The van der Waals surface area contributed by atoms with Crippen LogP contribution in [0.1, 0.15) is 17.2 Å². The molecule has 1 saturated heterocycles. The summed E-state index contributed by atoms with van der Waals surface area (Å²) >= 11 is 3.30. The van der Waals surface area contributed by atoms with Crippen molar-refractivity contribution in [2.24, 2.45) is 0 Å². The highest BCUT2D eigenvalue weighted by Gasteiger charge is 2.24. The number of aromatic nitrogens is 1. The average Bonchev–Trinajstić information content (AvgIpc) is 2.58. The van der Waals surface area contributed by atoms with Crippen molar-refractivity contribution in [3.8, 4) is 5.75 Å². The Morgan fingerprint density at radius 2 is 2.25 bits per heavy atom. The summed E-state index contributed by atoms with van der Waals surface area (Å²) in [6.45, 7) is 0.598. The second kappa shape index (κ2) is 8.00. The van der Waals surface area contributed by atoms with E-state index in [2.05, 4.69) is 41.9 Å². The van der Waals surface area contributed by atoms with Crippen LogP contribution in [0.5, 0.6) is 5.75 Å². The molecule has 1 N–H and O–H groups in total. The molecule has 0 amide bonds. The number of hydrogen-bond acceptors (Lipinski definition) is 4. The van der Waals surface area contributed by atoms with Gasteiger partial charge >= 0.3 is 6.61 Å². The smallest absolute Gasteiger partial charge is 0.387 e. The highest BCUT2D eigenvalue weighted by molar-refractivity contribution is 9.10. The van der Waals surface area contributed by atoms with Gasteiger partial charge in [0.15, 0.2) is 0 Å². The molecule has 1 atom stereocenters. The Bertz CT molecular complexity index is 672. The average molecular weight is 398 g/mol. The zero-order valence-electron chi connectivity index (χ0n) is 13.0. The molecule has 24 heavy (non-hydrogen) atoms. The van der Waals surface area contributed by atoms with Gasteiger partial charge in [-0.3, -0.25) is 9.88 Å². The molecule has 3 rings (SSSR count). The lowest BCUT2D eigenvalue weighted by Crippen LogP contribution is -2.45. The molecule has 0 bridgehead atoms. The summed E-state index contributed by atoms with van der Waals surface area (Å²) in [5, 5.41) is 3.41.